The van der Waals surface area contributed by atoms with Crippen molar-refractivity contribution < 1.29 is 39.0 Å². The van der Waals surface area contributed by atoms with Crippen molar-refractivity contribution in [1.29, 1.82) is 0 Å². The molecule has 0 saturated carbocycles. The van der Waals surface area contributed by atoms with Crippen LogP contribution in [-0.4, -0.2) is 70.5 Å². The van der Waals surface area contributed by atoms with E-state index < -0.39 is 66.7 Å². The zero-order chi connectivity index (χ0) is 23.4. The Balaban J connectivity index is 5.02. The summed E-state index contributed by atoms with van der Waals surface area (Å²) in [5, 5.41) is 24.3. The fourth-order valence-electron chi connectivity index (χ4n) is 2.25. The molecule has 9 N–H and O–H groups in total. The van der Waals surface area contributed by atoms with Crippen LogP contribution in [0.1, 0.15) is 39.5 Å². The SMILES string of the molecule is CCC(C)C(N)C(=O)NCC(=O)NC(CCC(N)=O)C(=O)NC(CC(=O)O)C(=O)O. The van der Waals surface area contributed by atoms with Crippen LogP contribution < -0.4 is 27.4 Å². The molecule has 0 aliphatic heterocycles. The summed E-state index contributed by atoms with van der Waals surface area (Å²) in [6.07, 6.45) is -0.800. The smallest absolute Gasteiger partial charge is 0.326 e. The van der Waals surface area contributed by atoms with Gasteiger partial charge in [0.15, 0.2) is 0 Å². The number of carbonyl (C=O) groups excluding carboxylic acids is 4. The predicted molar refractivity (Wildman–Crippen MR) is 103 cm³/mol. The first kappa shape index (κ1) is 26.8. The molecule has 0 bridgehead atoms. The maximum atomic E-state index is 12.3. The molecule has 0 saturated heterocycles. The van der Waals surface area contributed by atoms with Gasteiger partial charge in [0.1, 0.15) is 12.1 Å². The van der Waals surface area contributed by atoms with Crippen molar-refractivity contribution >= 4 is 35.6 Å². The number of hydrogen-bond donors (Lipinski definition) is 7. The van der Waals surface area contributed by atoms with Gasteiger partial charge in [0, 0.05) is 6.42 Å². The summed E-state index contributed by atoms with van der Waals surface area (Å²) in [6, 6.07) is -3.94. The van der Waals surface area contributed by atoms with Gasteiger partial charge in [-0.1, -0.05) is 20.3 Å². The van der Waals surface area contributed by atoms with Gasteiger partial charge in [-0.05, 0) is 12.3 Å². The Kier molecular flexibility index (Phi) is 11.7. The lowest BCUT2D eigenvalue weighted by molar-refractivity contribution is -0.147. The Morgan fingerprint density at radius 3 is 2.03 bits per heavy atom. The standard InChI is InChI=1S/C17H29N5O8/c1-3-8(2)14(19)16(28)20-7-12(24)21-9(4-5-11(18)23)15(27)22-10(17(29)30)6-13(25)26/h8-10,14H,3-7,19H2,1-2H3,(H2,18,23)(H,20,28)(H,21,24)(H,22,27)(H,25,26)(H,29,30). The van der Waals surface area contributed by atoms with E-state index in [1.54, 1.807) is 6.92 Å². The molecular weight excluding hydrogens is 402 g/mol. The van der Waals surface area contributed by atoms with Crippen LogP contribution in [0.2, 0.25) is 0 Å². The monoisotopic (exact) mass is 431 g/mol. The number of carboxylic acid groups (broad SMARTS) is 2. The molecule has 0 aromatic rings. The van der Waals surface area contributed by atoms with E-state index in [2.05, 4.69) is 10.6 Å². The lowest BCUT2D eigenvalue weighted by Crippen LogP contribution is -2.54. The van der Waals surface area contributed by atoms with E-state index in [0.29, 0.717) is 6.42 Å². The van der Waals surface area contributed by atoms with Crippen LogP contribution in [0.25, 0.3) is 0 Å². The topological polar surface area (TPSA) is 231 Å². The zero-order valence-corrected chi connectivity index (χ0v) is 16.8. The summed E-state index contributed by atoms with van der Waals surface area (Å²) in [5.41, 5.74) is 10.8. The highest BCUT2D eigenvalue weighted by molar-refractivity contribution is 5.93. The van der Waals surface area contributed by atoms with Gasteiger partial charge >= 0.3 is 11.9 Å². The Morgan fingerprint density at radius 1 is 0.967 bits per heavy atom. The highest BCUT2D eigenvalue weighted by Crippen LogP contribution is 2.05. The molecule has 0 radical (unpaired) electrons. The first-order valence-electron chi connectivity index (χ1n) is 9.24. The van der Waals surface area contributed by atoms with Gasteiger partial charge in [0.05, 0.1) is 19.0 Å². The van der Waals surface area contributed by atoms with Crippen molar-refractivity contribution in [3.05, 3.63) is 0 Å². The molecule has 0 spiro atoms. The molecule has 0 heterocycles. The van der Waals surface area contributed by atoms with E-state index in [0.717, 1.165) is 0 Å². The summed E-state index contributed by atoms with van der Waals surface area (Å²) in [5.74, 6) is -6.31. The molecule has 13 heteroatoms. The van der Waals surface area contributed by atoms with Crippen LogP contribution in [-0.2, 0) is 28.8 Å². The average Bonchev–Trinajstić information content (AvgIpc) is 2.66. The molecule has 30 heavy (non-hydrogen) atoms. The molecule has 0 aliphatic carbocycles. The highest BCUT2D eigenvalue weighted by atomic mass is 16.4. The van der Waals surface area contributed by atoms with Crippen molar-refractivity contribution in [3.63, 3.8) is 0 Å². The van der Waals surface area contributed by atoms with Crippen LogP contribution in [0, 0.1) is 5.92 Å². The molecule has 4 unspecified atom stereocenters. The third-order valence-corrected chi connectivity index (χ3v) is 4.31. The second-order valence-electron chi connectivity index (χ2n) is 6.75. The minimum Gasteiger partial charge on any atom is -0.481 e. The van der Waals surface area contributed by atoms with Gasteiger partial charge in [-0.25, -0.2) is 4.79 Å². The number of primary amides is 1. The normalized spacial score (nSPS) is 14.5. The number of amides is 4. The summed E-state index contributed by atoms with van der Waals surface area (Å²) in [7, 11) is 0. The first-order valence-corrected chi connectivity index (χ1v) is 9.24. The van der Waals surface area contributed by atoms with Gasteiger partial charge in [-0.3, -0.25) is 24.0 Å². The fraction of sp³-hybridized carbons (Fsp3) is 0.647. The highest BCUT2D eigenvalue weighted by Gasteiger charge is 2.28. The molecule has 170 valence electrons. The molecule has 0 fully saturated rings. The average molecular weight is 431 g/mol. The lowest BCUT2D eigenvalue weighted by Gasteiger charge is -2.21. The molecule has 0 aromatic carbocycles. The molecule has 0 aromatic heterocycles. The summed E-state index contributed by atoms with van der Waals surface area (Å²) < 4.78 is 0. The van der Waals surface area contributed by atoms with E-state index in [-0.39, 0.29) is 18.8 Å². The van der Waals surface area contributed by atoms with E-state index in [9.17, 15) is 28.8 Å². The summed E-state index contributed by atoms with van der Waals surface area (Å²) in [4.78, 5) is 69.2. The van der Waals surface area contributed by atoms with Gasteiger partial charge in [-0.15, -0.1) is 0 Å². The summed E-state index contributed by atoms with van der Waals surface area (Å²) in [6.45, 7) is 3.10. The molecule has 0 aliphatic rings. The van der Waals surface area contributed by atoms with Crippen LogP contribution in [0.15, 0.2) is 0 Å². The van der Waals surface area contributed by atoms with Gasteiger partial charge in [-0.2, -0.15) is 0 Å². The van der Waals surface area contributed by atoms with Gasteiger partial charge in [0.25, 0.3) is 0 Å². The Hall–Kier alpha value is -3.22. The lowest BCUT2D eigenvalue weighted by atomic mass is 9.99. The van der Waals surface area contributed by atoms with Crippen LogP contribution >= 0.6 is 0 Å². The van der Waals surface area contributed by atoms with E-state index in [1.807, 2.05) is 12.2 Å². The van der Waals surface area contributed by atoms with Crippen molar-refractivity contribution in [2.75, 3.05) is 6.54 Å². The molecule has 4 atom stereocenters. The molecule has 13 nitrogen and oxygen atoms in total. The van der Waals surface area contributed by atoms with Crippen molar-refractivity contribution in [2.24, 2.45) is 17.4 Å². The van der Waals surface area contributed by atoms with E-state index >= 15 is 0 Å². The Morgan fingerprint density at radius 2 is 1.57 bits per heavy atom. The number of nitrogens with two attached hydrogens (primary N) is 2. The predicted octanol–water partition coefficient (Wildman–Crippen LogP) is -2.73. The quantitative estimate of drug-likeness (QED) is 0.151. The number of carboxylic acids is 2. The van der Waals surface area contributed by atoms with Crippen LogP contribution in [0.3, 0.4) is 0 Å². The minimum atomic E-state index is -1.74. The van der Waals surface area contributed by atoms with Crippen molar-refractivity contribution in [3.8, 4) is 0 Å². The number of nitrogens with one attached hydrogen (secondary N) is 3. The number of hydrogen-bond acceptors (Lipinski definition) is 7. The van der Waals surface area contributed by atoms with Gasteiger partial charge in [0.2, 0.25) is 23.6 Å². The minimum absolute atomic E-state index is 0.121. The Bertz CT molecular complexity index is 669. The summed E-state index contributed by atoms with van der Waals surface area (Å²) >= 11 is 0. The third-order valence-electron chi connectivity index (χ3n) is 4.31. The largest absolute Gasteiger partial charge is 0.481 e. The third kappa shape index (κ3) is 10.4. The fourth-order valence-corrected chi connectivity index (χ4v) is 2.25. The maximum absolute atomic E-state index is 12.3. The second-order valence-corrected chi connectivity index (χ2v) is 6.75. The number of carbonyl (C=O) groups is 6. The van der Waals surface area contributed by atoms with Gasteiger partial charge < -0.3 is 37.6 Å². The van der Waals surface area contributed by atoms with Crippen LogP contribution in [0.5, 0.6) is 0 Å². The number of aliphatic carboxylic acids is 2. The molecule has 4 amide bonds. The molecular formula is C17H29N5O8. The van der Waals surface area contributed by atoms with Crippen molar-refractivity contribution in [2.45, 2.75) is 57.7 Å². The zero-order valence-electron chi connectivity index (χ0n) is 16.8. The maximum Gasteiger partial charge on any atom is 0.326 e. The van der Waals surface area contributed by atoms with Crippen LogP contribution in [0.4, 0.5) is 0 Å². The number of rotatable bonds is 14. The first-order chi connectivity index (χ1) is 13.9. The van der Waals surface area contributed by atoms with Crippen molar-refractivity contribution in [1.82, 2.24) is 16.0 Å². The van der Waals surface area contributed by atoms with E-state index in [1.165, 1.54) is 0 Å². The second kappa shape index (κ2) is 13.1. The molecule has 0 rings (SSSR count). The Labute approximate surface area is 172 Å². The van der Waals surface area contributed by atoms with E-state index in [4.69, 9.17) is 21.7 Å².